The third-order valence-corrected chi connectivity index (χ3v) is 5.04. The summed E-state index contributed by atoms with van der Waals surface area (Å²) < 4.78 is 29.7. The quantitative estimate of drug-likeness (QED) is 0.504. The second-order valence-electron chi connectivity index (χ2n) is 5.55. The summed E-state index contributed by atoms with van der Waals surface area (Å²) >= 11 is 5.66. The second kappa shape index (κ2) is 8.20. The summed E-state index contributed by atoms with van der Waals surface area (Å²) in [4.78, 5) is 15.9. The summed E-state index contributed by atoms with van der Waals surface area (Å²) in [6, 6.07) is 18.0. The summed E-state index contributed by atoms with van der Waals surface area (Å²) in [6.45, 7) is 0.361. The van der Waals surface area contributed by atoms with Gasteiger partial charge in [0.15, 0.2) is 0 Å². The maximum atomic E-state index is 12.3. The van der Waals surface area contributed by atoms with Gasteiger partial charge in [0.25, 0.3) is 5.91 Å². The fourth-order valence-corrected chi connectivity index (χ4v) is 3.24. The van der Waals surface area contributed by atoms with Crippen LogP contribution in [0, 0.1) is 0 Å². The van der Waals surface area contributed by atoms with Crippen molar-refractivity contribution in [2.75, 3.05) is 0 Å². The first kappa shape index (κ1) is 18.9. The average Bonchev–Trinajstić information content (AvgIpc) is 2.67. The van der Waals surface area contributed by atoms with E-state index in [-0.39, 0.29) is 27.3 Å². The zero-order valence-electron chi connectivity index (χ0n) is 14.0. The molecule has 0 saturated heterocycles. The summed E-state index contributed by atoms with van der Waals surface area (Å²) in [5.74, 6) is -0.313. The Morgan fingerprint density at radius 1 is 1.04 bits per heavy atom. The highest BCUT2D eigenvalue weighted by molar-refractivity contribution is 7.87. The minimum Gasteiger partial charge on any atom is -0.379 e. The summed E-state index contributed by atoms with van der Waals surface area (Å²) in [7, 11) is -4.08. The molecule has 6 nitrogen and oxygen atoms in total. The zero-order valence-corrected chi connectivity index (χ0v) is 15.6. The lowest BCUT2D eigenvalue weighted by atomic mass is 10.2. The molecule has 2 aromatic carbocycles. The molecule has 0 aliphatic heterocycles. The van der Waals surface area contributed by atoms with Crippen molar-refractivity contribution in [1.82, 2.24) is 10.3 Å². The van der Waals surface area contributed by atoms with Gasteiger partial charge >= 0.3 is 10.1 Å². The number of hydrogen-bond donors (Lipinski definition) is 1. The standard InChI is InChI=1S/C19H15ClN2O4S/c20-18-10-9-17(13-21-18)27(24,25)26-16-8-4-7-15(11-16)19(23)22-12-14-5-2-1-3-6-14/h1-11,13H,12H2,(H,22,23). The number of carbonyl (C=O) groups is 1. The van der Waals surface area contributed by atoms with Crippen molar-refractivity contribution in [3.8, 4) is 5.75 Å². The number of carbonyl (C=O) groups excluding carboxylic acids is 1. The van der Waals surface area contributed by atoms with Gasteiger partial charge in [0, 0.05) is 12.1 Å². The van der Waals surface area contributed by atoms with E-state index < -0.39 is 10.1 Å². The highest BCUT2D eigenvalue weighted by Gasteiger charge is 2.18. The largest absolute Gasteiger partial charge is 0.379 e. The van der Waals surface area contributed by atoms with Gasteiger partial charge in [-0.2, -0.15) is 8.42 Å². The number of halogens is 1. The van der Waals surface area contributed by atoms with E-state index in [1.807, 2.05) is 30.3 Å². The fraction of sp³-hybridized carbons (Fsp3) is 0.0526. The highest BCUT2D eigenvalue weighted by Crippen LogP contribution is 2.20. The molecule has 0 fully saturated rings. The first-order valence-corrected chi connectivity index (χ1v) is 9.71. The number of nitrogens with one attached hydrogen (secondary N) is 1. The van der Waals surface area contributed by atoms with Crippen LogP contribution in [0.2, 0.25) is 5.15 Å². The molecule has 0 radical (unpaired) electrons. The topological polar surface area (TPSA) is 85.4 Å². The van der Waals surface area contributed by atoms with E-state index >= 15 is 0 Å². The van der Waals surface area contributed by atoms with E-state index in [2.05, 4.69) is 10.3 Å². The first-order chi connectivity index (χ1) is 12.9. The molecule has 1 N–H and O–H groups in total. The van der Waals surface area contributed by atoms with Gasteiger partial charge in [0.1, 0.15) is 15.8 Å². The Balaban J connectivity index is 1.71. The molecule has 27 heavy (non-hydrogen) atoms. The highest BCUT2D eigenvalue weighted by atomic mass is 35.5. The van der Waals surface area contributed by atoms with E-state index in [4.69, 9.17) is 15.8 Å². The van der Waals surface area contributed by atoms with Crippen LogP contribution in [0.5, 0.6) is 5.75 Å². The second-order valence-corrected chi connectivity index (χ2v) is 7.48. The van der Waals surface area contributed by atoms with Gasteiger partial charge in [-0.1, -0.05) is 48.0 Å². The lowest BCUT2D eigenvalue weighted by Crippen LogP contribution is -2.22. The van der Waals surface area contributed by atoms with Crippen LogP contribution in [0.25, 0.3) is 0 Å². The van der Waals surface area contributed by atoms with Crippen LogP contribution in [-0.4, -0.2) is 19.3 Å². The lowest BCUT2D eigenvalue weighted by molar-refractivity contribution is 0.0950. The molecule has 0 unspecified atom stereocenters. The molecule has 1 amide bonds. The molecule has 0 aliphatic carbocycles. The normalized spacial score (nSPS) is 11.0. The van der Waals surface area contributed by atoms with Crippen LogP contribution < -0.4 is 9.50 Å². The molecule has 3 rings (SSSR count). The minimum absolute atomic E-state index is 0.0253. The average molecular weight is 403 g/mol. The van der Waals surface area contributed by atoms with Crippen molar-refractivity contribution >= 4 is 27.6 Å². The SMILES string of the molecule is O=C(NCc1ccccc1)c1cccc(OS(=O)(=O)c2ccc(Cl)nc2)c1. The third-order valence-electron chi connectivity index (χ3n) is 3.59. The van der Waals surface area contributed by atoms with E-state index in [1.165, 1.54) is 24.3 Å². The van der Waals surface area contributed by atoms with Gasteiger partial charge in [0.05, 0.1) is 6.20 Å². The number of amides is 1. The van der Waals surface area contributed by atoms with Crippen LogP contribution in [0.3, 0.4) is 0 Å². The van der Waals surface area contributed by atoms with E-state index in [1.54, 1.807) is 12.1 Å². The van der Waals surface area contributed by atoms with E-state index in [9.17, 15) is 13.2 Å². The molecular weight excluding hydrogens is 388 g/mol. The Kier molecular flexibility index (Phi) is 5.73. The van der Waals surface area contributed by atoms with Gasteiger partial charge in [-0.25, -0.2) is 4.98 Å². The minimum atomic E-state index is -4.08. The Hall–Kier alpha value is -2.90. The molecule has 0 saturated carbocycles. The molecule has 1 heterocycles. The van der Waals surface area contributed by atoms with Crippen LogP contribution in [0.4, 0.5) is 0 Å². The van der Waals surface area contributed by atoms with Crippen LogP contribution in [0.15, 0.2) is 77.8 Å². The number of rotatable bonds is 6. The molecule has 0 bridgehead atoms. The lowest BCUT2D eigenvalue weighted by Gasteiger charge is -2.09. The Morgan fingerprint density at radius 2 is 1.81 bits per heavy atom. The predicted octanol–water partition coefficient (Wildman–Crippen LogP) is 3.43. The molecule has 8 heteroatoms. The predicted molar refractivity (Wildman–Crippen MR) is 101 cm³/mol. The smallest absolute Gasteiger partial charge is 0.340 e. The number of benzene rings is 2. The molecule has 0 atom stereocenters. The number of pyridine rings is 1. The molecule has 1 aromatic heterocycles. The number of nitrogens with zero attached hydrogens (tertiary/aromatic N) is 1. The molecular formula is C19H15ClN2O4S. The van der Waals surface area contributed by atoms with Crippen LogP contribution in [-0.2, 0) is 16.7 Å². The van der Waals surface area contributed by atoms with Crippen molar-refractivity contribution in [3.63, 3.8) is 0 Å². The maximum absolute atomic E-state index is 12.3. The van der Waals surface area contributed by atoms with Crippen molar-refractivity contribution in [2.24, 2.45) is 0 Å². The van der Waals surface area contributed by atoms with Gasteiger partial charge < -0.3 is 9.50 Å². The van der Waals surface area contributed by atoms with Crippen LogP contribution >= 0.6 is 11.6 Å². The molecule has 138 valence electrons. The Morgan fingerprint density at radius 3 is 2.52 bits per heavy atom. The Labute approximate surface area is 161 Å². The van der Waals surface area contributed by atoms with Crippen molar-refractivity contribution in [1.29, 1.82) is 0 Å². The van der Waals surface area contributed by atoms with Crippen molar-refractivity contribution < 1.29 is 17.4 Å². The zero-order chi connectivity index (χ0) is 19.3. The van der Waals surface area contributed by atoms with Gasteiger partial charge in [-0.15, -0.1) is 0 Å². The summed E-state index contributed by atoms with van der Waals surface area (Å²) in [5.41, 5.74) is 1.24. The summed E-state index contributed by atoms with van der Waals surface area (Å²) in [5, 5.41) is 2.95. The van der Waals surface area contributed by atoms with E-state index in [0.717, 1.165) is 11.8 Å². The molecule has 3 aromatic rings. The maximum Gasteiger partial charge on any atom is 0.340 e. The first-order valence-electron chi connectivity index (χ1n) is 7.92. The monoisotopic (exact) mass is 402 g/mol. The molecule has 0 aliphatic rings. The van der Waals surface area contributed by atoms with E-state index in [0.29, 0.717) is 6.54 Å². The van der Waals surface area contributed by atoms with Gasteiger partial charge in [-0.3, -0.25) is 4.79 Å². The van der Waals surface area contributed by atoms with Crippen molar-refractivity contribution in [3.05, 3.63) is 89.2 Å². The molecule has 0 spiro atoms. The third kappa shape index (κ3) is 5.06. The fourth-order valence-electron chi connectivity index (χ4n) is 2.25. The Bertz CT molecular complexity index is 1040. The van der Waals surface area contributed by atoms with Crippen LogP contribution in [0.1, 0.15) is 15.9 Å². The van der Waals surface area contributed by atoms with Crippen molar-refractivity contribution in [2.45, 2.75) is 11.4 Å². The summed E-state index contributed by atoms with van der Waals surface area (Å²) in [6.07, 6.45) is 1.11. The van der Waals surface area contributed by atoms with Gasteiger partial charge in [0.2, 0.25) is 0 Å². The van der Waals surface area contributed by atoms with Gasteiger partial charge in [-0.05, 0) is 35.9 Å². The number of aromatic nitrogens is 1. The number of hydrogen-bond acceptors (Lipinski definition) is 5.